The van der Waals surface area contributed by atoms with Crippen LogP contribution in [0.2, 0.25) is 5.15 Å². The van der Waals surface area contributed by atoms with E-state index in [1.807, 2.05) is 0 Å². The van der Waals surface area contributed by atoms with E-state index in [0.29, 0.717) is 35.3 Å². The van der Waals surface area contributed by atoms with Gasteiger partial charge in [0.15, 0.2) is 5.15 Å². The van der Waals surface area contributed by atoms with Gasteiger partial charge in [-0.2, -0.15) is 0 Å². The predicted octanol–water partition coefficient (Wildman–Crippen LogP) is 2.18. The molecule has 2 N–H and O–H groups in total. The van der Waals surface area contributed by atoms with E-state index < -0.39 is 0 Å². The van der Waals surface area contributed by atoms with Gasteiger partial charge in [-0.1, -0.05) is 11.6 Å². The molecule has 0 fully saturated rings. The van der Waals surface area contributed by atoms with E-state index in [1.54, 1.807) is 24.5 Å². The molecule has 0 atom stereocenters. The summed E-state index contributed by atoms with van der Waals surface area (Å²) in [5.41, 5.74) is 0.693. The van der Waals surface area contributed by atoms with E-state index in [2.05, 4.69) is 15.5 Å². The third-order valence-electron chi connectivity index (χ3n) is 2.18. The van der Waals surface area contributed by atoms with Crippen LogP contribution >= 0.6 is 11.6 Å². The van der Waals surface area contributed by atoms with E-state index in [1.165, 1.54) is 0 Å². The van der Waals surface area contributed by atoms with E-state index in [-0.39, 0.29) is 6.61 Å². The molecule has 0 aliphatic carbocycles. The van der Waals surface area contributed by atoms with Crippen molar-refractivity contribution in [3.05, 3.63) is 29.6 Å². The van der Waals surface area contributed by atoms with Crippen LogP contribution in [0, 0.1) is 0 Å². The van der Waals surface area contributed by atoms with Crippen LogP contribution in [0.4, 0.5) is 5.82 Å². The van der Waals surface area contributed by atoms with Gasteiger partial charge >= 0.3 is 0 Å². The number of aliphatic hydroxyl groups is 1. The van der Waals surface area contributed by atoms with Gasteiger partial charge in [-0.3, -0.25) is 0 Å². The normalized spacial score (nSPS) is 10.5. The van der Waals surface area contributed by atoms with Crippen molar-refractivity contribution in [3.8, 4) is 11.3 Å². The number of anilines is 1. The second-order valence-electron chi connectivity index (χ2n) is 3.42. The SMILES string of the molecule is OCCCNc1cc(-c2ccco2)c(Cl)nn1. The molecule has 2 aromatic heterocycles. The first-order valence-corrected chi connectivity index (χ1v) is 5.61. The molecule has 2 heterocycles. The lowest BCUT2D eigenvalue weighted by Gasteiger charge is -2.05. The predicted molar refractivity (Wildman–Crippen MR) is 64.9 cm³/mol. The number of hydrogen-bond donors (Lipinski definition) is 2. The van der Waals surface area contributed by atoms with Crippen molar-refractivity contribution < 1.29 is 9.52 Å². The summed E-state index contributed by atoms with van der Waals surface area (Å²) in [7, 11) is 0. The van der Waals surface area contributed by atoms with Crippen LogP contribution in [0.1, 0.15) is 6.42 Å². The van der Waals surface area contributed by atoms with Crippen LogP contribution in [0.3, 0.4) is 0 Å². The molecule has 0 amide bonds. The first kappa shape index (κ1) is 11.9. The molecule has 0 aromatic carbocycles. The van der Waals surface area contributed by atoms with Gasteiger partial charge in [-0.05, 0) is 24.6 Å². The van der Waals surface area contributed by atoms with E-state index in [9.17, 15) is 0 Å². The minimum absolute atomic E-state index is 0.138. The lowest BCUT2D eigenvalue weighted by Crippen LogP contribution is -2.06. The van der Waals surface area contributed by atoms with Crippen molar-refractivity contribution in [1.82, 2.24) is 10.2 Å². The molecule has 0 saturated heterocycles. The molecule has 0 aliphatic rings. The Bertz CT molecular complexity index is 474. The minimum Gasteiger partial charge on any atom is -0.464 e. The smallest absolute Gasteiger partial charge is 0.162 e. The van der Waals surface area contributed by atoms with Crippen LogP contribution in [-0.2, 0) is 0 Å². The summed E-state index contributed by atoms with van der Waals surface area (Å²) in [6.45, 7) is 0.767. The maximum atomic E-state index is 8.68. The number of aliphatic hydroxyl groups excluding tert-OH is 1. The van der Waals surface area contributed by atoms with E-state index in [4.69, 9.17) is 21.1 Å². The van der Waals surface area contributed by atoms with E-state index in [0.717, 1.165) is 0 Å². The zero-order valence-corrected chi connectivity index (χ0v) is 9.81. The second kappa shape index (κ2) is 5.65. The zero-order valence-electron chi connectivity index (χ0n) is 9.06. The van der Waals surface area contributed by atoms with Gasteiger partial charge in [0.2, 0.25) is 0 Å². The molecule has 17 heavy (non-hydrogen) atoms. The fourth-order valence-electron chi connectivity index (χ4n) is 1.36. The highest BCUT2D eigenvalue weighted by molar-refractivity contribution is 6.31. The van der Waals surface area contributed by atoms with Crippen molar-refractivity contribution in [2.24, 2.45) is 0 Å². The van der Waals surface area contributed by atoms with Crippen LogP contribution in [0.5, 0.6) is 0 Å². The fourth-order valence-corrected chi connectivity index (χ4v) is 1.55. The zero-order chi connectivity index (χ0) is 12.1. The molecular formula is C11H12ClN3O2. The number of rotatable bonds is 5. The summed E-state index contributed by atoms with van der Waals surface area (Å²) < 4.78 is 5.26. The van der Waals surface area contributed by atoms with E-state index >= 15 is 0 Å². The molecule has 5 nitrogen and oxygen atoms in total. The molecule has 90 valence electrons. The Morgan fingerprint density at radius 1 is 1.41 bits per heavy atom. The fraction of sp³-hybridized carbons (Fsp3) is 0.273. The highest BCUT2D eigenvalue weighted by Gasteiger charge is 2.09. The largest absolute Gasteiger partial charge is 0.464 e. The highest BCUT2D eigenvalue weighted by Crippen LogP contribution is 2.27. The summed E-state index contributed by atoms with van der Waals surface area (Å²) in [5.74, 6) is 1.25. The molecule has 0 radical (unpaired) electrons. The summed E-state index contributed by atoms with van der Waals surface area (Å²) in [5, 5.41) is 19.8. The van der Waals surface area contributed by atoms with Gasteiger partial charge in [-0.25, -0.2) is 0 Å². The topological polar surface area (TPSA) is 71.2 Å². The monoisotopic (exact) mass is 253 g/mol. The number of nitrogens with zero attached hydrogens (tertiary/aromatic N) is 2. The first-order chi connectivity index (χ1) is 8.31. The quantitative estimate of drug-likeness (QED) is 0.800. The Kier molecular flexibility index (Phi) is 3.95. The lowest BCUT2D eigenvalue weighted by molar-refractivity contribution is 0.292. The summed E-state index contributed by atoms with van der Waals surface area (Å²) >= 11 is 5.95. The lowest BCUT2D eigenvalue weighted by atomic mass is 10.2. The number of furan rings is 1. The summed E-state index contributed by atoms with van der Waals surface area (Å²) in [4.78, 5) is 0. The van der Waals surface area contributed by atoms with Crippen LogP contribution in [-0.4, -0.2) is 28.5 Å². The maximum Gasteiger partial charge on any atom is 0.162 e. The Hall–Kier alpha value is -1.59. The summed E-state index contributed by atoms with van der Waals surface area (Å²) in [6.07, 6.45) is 2.23. The molecule has 0 bridgehead atoms. The van der Waals surface area contributed by atoms with Crippen molar-refractivity contribution in [2.45, 2.75) is 6.42 Å². The standard InChI is InChI=1S/C11H12ClN3O2/c12-11-8(9-3-1-6-17-9)7-10(14-15-11)13-4-2-5-16/h1,3,6-7,16H,2,4-5H2,(H,13,14). The van der Waals surface area contributed by atoms with Crippen molar-refractivity contribution in [1.29, 1.82) is 0 Å². The molecular weight excluding hydrogens is 242 g/mol. The number of aromatic nitrogens is 2. The molecule has 0 aliphatic heterocycles. The van der Waals surface area contributed by atoms with Crippen LogP contribution in [0.15, 0.2) is 28.9 Å². The molecule has 0 unspecified atom stereocenters. The van der Waals surface area contributed by atoms with Gasteiger partial charge in [-0.15, -0.1) is 10.2 Å². The average Bonchev–Trinajstić information content (AvgIpc) is 2.85. The Morgan fingerprint density at radius 3 is 3.00 bits per heavy atom. The van der Waals surface area contributed by atoms with Gasteiger partial charge in [0.05, 0.1) is 11.8 Å². The van der Waals surface area contributed by atoms with Crippen molar-refractivity contribution >= 4 is 17.4 Å². The highest BCUT2D eigenvalue weighted by atomic mass is 35.5. The molecule has 0 saturated carbocycles. The third-order valence-corrected chi connectivity index (χ3v) is 2.46. The average molecular weight is 254 g/mol. The number of halogens is 1. The van der Waals surface area contributed by atoms with Crippen LogP contribution in [0.25, 0.3) is 11.3 Å². The molecule has 6 heteroatoms. The Labute approximate surface area is 103 Å². The minimum atomic E-state index is 0.138. The van der Waals surface area contributed by atoms with Gasteiger partial charge in [0, 0.05) is 13.2 Å². The van der Waals surface area contributed by atoms with Gasteiger partial charge in [0.1, 0.15) is 11.6 Å². The molecule has 2 aromatic rings. The Balaban J connectivity index is 2.18. The second-order valence-corrected chi connectivity index (χ2v) is 3.77. The summed E-state index contributed by atoms with van der Waals surface area (Å²) in [6, 6.07) is 5.36. The molecule has 2 rings (SSSR count). The van der Waals surface area contributed by atoms with Crippen molar-refractivity contribution in [3.63, 3.8) is 0 Å². The van der Waals surface area contributed by atoms with Gasteiger partial charge in [0.25, 0.3) is 0 Å². The third kappa shape index (κ3) is 2.95. The van der Waals surface area contributed by atoms with Crippen LogP contribution < -0.4 is 5.32 Å². The number of nitrogens with one attached hydrogen (secondary N) is 1. The first-order valence-electron chi connectivity index (χ1n) is 5.23. The number of hydrogen-bond acceptors (Lipinski definition) is 5. The van der Waals surface area contributed by atoms with Crippen molar-refractivity contribution in [2.75, 3.05) is 18.5 Å². The van der Waals surface area contributed by atoms with Gasteiger partial charge < -0.3 is 14.8 Å². The molecule has 0 spiro atoms. The Morgan fingerprint density at radius 2 is 2.29 bits per heavy atom. The maximum absolute atomic E-state index is 8.68.